The van der Waals surface area contributed by atoms with Gasteiger partial charge in [-0.25, -0.2) is 0 Å². The van der Waals surface area contributed by atoms with Crippen LogP contribution in [0.5, 0.6) is 34.5 Å². The first-order valence-corrected chi connectivity index (χ1v) is 10.2. The number of hydrogen-bond donors (Lipinski definition) is 4. The van der Waals surface area contributed by atoms with Crippen molar-refractivity contribution < 1.29 is 19.7 Å². The van der Waals surface area contributed by atoms with E-state index in [1.54, 1.807) is 48.5 Å². The highest BCUT2D eigenvalue weighted by atomic mass is 16.5. The van der Waals surface area contributed by atoms with E-state index in [0.29, 0.717) is 23.0 Å². The summed E-state index contributed by atoms with van der Waals surface area (Å²) in [6.45, 7) is 3.27. The average Bonchev–Trinajstić information content (AvgIpc) is 2.78. The molecule has 0 aliphatic carbocycles. The standard InChI is InChI=1S/C24H29N3O4/c1-25-13-15-27(16-14-26-2)23-12-11-22(30-20-7-3-18(28)4-8-20)17-24(23)31-21-9-5-19(29)6-10-21/h3-12,17,25-26,28-29H,13-16H2,1-2H3. The molecule has 0 unspecified atom stereocenters. The maximum Gasteiger partial charge on any atom is 0.154 e. The van der Waals surface area contributed by atoms with Crippen LogP contribution in [0, 0.1) is 0 Å². The summed E-state index contributed by atoms with van der Waals surface area (Å²) in [7, 11) is 3.86. The van der Waals surface area contributed by atoms with Gasteiger partial charge in [-0.2, -0.15) is 0 Å². The number of nitrogens with one attached hydrogen (secondary N) is 2. The summed E-state index contributed by atoms with van der Waals surface area (Å²) in [6.07, 6.45) is 0. The van der Waals surface area contributed by atoms with Crippen LogP contribution >= 0.6 is 0 Å². The number of nitrogens with zero attached hydrogens (tertiary/aromatic N) is 1. The van der Waals surface area contributed by atoms with Crippen molar-refractivity contribution in [3.63, 3.8) is 0 Å². The lowest BCUT2D eigenvalue weighted by atomic mass is 10.2. The Morgan fingerprint density at radius 3 is 1.68 bits per heavy atom. The molecule has 7 heteroatoms. The van der Waals surface area contributed by atoms with Gasteiger partial charge in [-0.1, -0.05) is 0 Å². The number of ether oxygens (including phenoxy) is 2. The van der Waals surface area contributed by atoms with Gasteiger partial charge in [-0.05, 0) is 74.8 Å². The molecule has 31 heavy (non-hydrogen) atoms. The third-order valence-electron chi connectivity index (χ3n) is 4.67. The smallest absolute Gasteiger partial charge is 0.154 e. The normalized spacial score (nSPS) is 10.6. The van der Waals surface area contributed by atoms with Crippen LogP contribution in [-0.4, -0.2) is 50.5 Å². The van der Waals surface area contributed by atoms with Crippen LogP contribution < -0.4 is 25.0 Å². The Hall–Kier alpha value is -3.42. The lowest BCUT2D eigenvalue weighted by Gasteiger charge is -2.27. The zero-order chi connectivity index (χ0) is 22.1. The highest BCUT2D eigenvalue weighted by Gasteiger charge is 2.15. The van der Waals surface area contributed by atoms with Gasteiger partial charge < -0.3 is 35.2 Å². The van der Waals surface area contributed by atoms with Gasteiger partial charge in [0.1, 0.15) is 28.7 Å². The molecule has 0 aliphatic heterocycles. The monoisotopic (exact) mass is 423 g/mol. The zero-order valence-electron chi connectivity index (χ0n) is 17.8. The van der Waals surface area contributed by atoms with Crippen molar-refractivity contribution in [3.8, 4) is 34.5 Å². The van der Waals surface area contributed by atoms with Crippen LogP contribution in [0.3, 0.4) is 0 Å². The van der Waals surface area contributed by atoms with Crippen molar-refractivity contribution in [2.45, 2.75) is 0 Å². The highest BCUT2D eigenvalue weighted by Crippen LogP contribution is 2.37. The Balaban J connectivity index is 1.92. The molecule has 7 nitrogen and oxygen atoms in total. The molecule has 0 radical (unpaired) electrons. The number of rotatable bonds is 11. The van der Waals surface area contributed by atoms with Crippen molar-refractivity contribution in [3.05, 3.63) is 66.7 Å². The Labute approximate surface area is 182 Å². The van der Waals surface area contributed by atoms with Gasteiger partial charge in [0.15, 0.2) is 5.75 Å². The summed E-state index contributed by atoms with van der Waals surface area (Å²) >= 11 is 0. The maximum atomic E-state index is 9.57. The second kappa shape index (κ2) is 11.1. The van der Waals surface area contributed by atoms with Crippen molar-refractivity contribution in [2.24, 2.45) is 0 Å². The third-order valence-corrected chi connectivity index (χ3v) is 4.67. The Morgan fingerprint density at radius 2 is 1.16 bits per heavy atom. The van der Waals surface area contributed by atoms with Crippen LogP contribution in [-0.2, 0) is 0 Å². The van der Waals surface area contributed by atoms with E-state index < -0.39 is 0 Å². The molecule has 0 amide bonds. The number of aromatic hydroxyl groups is 2. The largest absolute Gasteiger partial charge is 0.508 e. The molecule has 164 valence electrons. The zero-order valence-corrected chi connectivity index (χ0v) is 17.8. The van der Waals surface area contributed by atoms with Gasteiger partial charge in [0, 0.05) is 32.2 Å². The van der Waals surface area contributed by atoms with Crippen molar-refractivity contribution in [1.29, 1.82) is 0 Å². The lowest BCUT2D eigenvalue weighted by Crippen LogP contribution is -2.35. The number of likely N-dealkylation sites (N-methyl/N-ethyl adjacent to an activating group) is 2. The fourth-order valence-corrected chi connectivity index (χ4v) is 3.04. The van der Waals surface area contributed by atoms with Crippen LogP contribution in [0.4, 0.5) is 5.69 Å². The third kappa shape index (κ3) is 6.53. The molecular formula is C24H29N3O4. The van der Waals surface area contributed by atoms with Crippen LogP contribution in [0.15, 0.2) is 66.7 Å². The summed E-state index contributed by atoms with van der Waals surface area (Å²) in [6, 6.07) is 18.9. The van der Waals surface area contributed by atoms with Crippen molar-refractivity contribution >= 4 is 5.69 Å². The first-order valence-electron chi connectivity index (χ1n) is 10.2. The summed E-state index contributed by atoms with van der Waals surface area (Å²) < 4.78 is 12.1. The summed E-state index contributed by atoms with van der Waals surface area (Å²) in [5.74, 6) is 2.86. The van der Waals surface area contributed by atoms with E-state index in [1.807, 2.05) is 32.3 Å². The van der Waals surface area contributed by atoms with Gasteiger partial charge in [0.05, 0.1) is 5.69 Å². The van der Waals surface area contributed by atoms with Gasteiger partial charge in [0.25, 0.3) is 0 Å². The molecular weight excluding hydrogens is 394 g/mol. The van der Waals surface area contributed by atoms with Gasteiger partial charge in [-0.15, -0.1) is 0 Å². The predicted molar refractivity (Wildman–Crippen MR) is 123 cm³/mol. The fourth-order valence-electron chi connectivity index (χ4n) is 3.04. The minimum absolute atomic E-state index is 0.182. The fraction of sp³-hybridized carbons (Fsp3) is 0.250. The number of benzene rings is 3. The van der Waals surface area contributed by atoms with E-state index in [-0.39, 0.29) is 11.5 Å². The number of anilines is 1. The van der Waals surface area contributed by atoms with E-state index in [1.165, 1.54) is 0 Å². The Bertz CT molecular complexity index is 938. The average molecular weight is 424 g/mol. The van der Waals surface area contributed by atoms with Crippen molar-refractivity contribution in [2.75, 3.05) is 45.2 Å². The molecule has 4 N–H and O–H groups in total. The Morgan fingerprint density at radius 1 is 0.677 bits per heavy atom. The highest BCUT2D eigenvalue weighted by molar-refractivity contribution is 5.62. The second-order valence-corrected chi connectivity index (χ2v) is 7.02. The molecule has 0 spiro atoms. The molecule has 3 aromatic carbocycles. The molecule has 0 aliphatic rings. The lowest BCUT2D eigenvalue weighted by molar-refractivity contribution is 0.451. The van der Waals surface area contributed by atoms with Crippen molar-refractivity contribution in [1.82, 2.24) is 10.6 Å². The van der Waals surface area contributed by atoms with Crippen LogP contribution in [0.1, 0.15) is 0 Å². The van der Waals surface area contributed by atoms with E-state index in [4.69, 9.17) is 9.47 Å². The van der Waals surface area contributed by atoms with Gasteiger partial charge >= 0.3 is 0 Å². The molecule has 0 heterocycles. The van der Waals surface area contributed by atoms with Crippen LogP contribution in [0.2, 0.25) is 0 Å². The second-order valence-electron chi connectivity index (χ2n) is 7.02. The number of hydrogen-bond acceptors (Lipinski definition) is 7. The maximum absolute atomic E-state index is 9.57. The molecule has 3 rings (SSSR count). The van der Waals surface area contributed by atoms with E-state index >= 15 is 0 Å². The molecule has 0 saturated heterocycles. The van der Waals surface area contributed by atoms with E-state index in [2.05, 4.69) is 15.5 Å². The molecule has 3 aromatic rings. The van der Waals surface area contributed by atoms with Gasteiger partial charge in [0.2, 0.25) is 0 Å². The molecule has 0 aromatic heterocycles. The first-order chi connectivity index (χ1) is 15.1. The Kier molecular flexibility index (Phi) is 7.98. The topological polar surface area (TPSA) is 86.2 Å². The first kappa shape index (κ1) is 22.3. The molecule has 0 atom stereocenters. The predicted octanol–water partition coefficient (Wildman–Crippen LogP) is 3.93. The molecule has 0 fully saturated rings. The quantitative estimate of drug-likeness (QED) is 0.372. The minimum Gasteiger partial charge on any atom is -0.508 e. The molecule has 0 bridgehead atoms. The summed E-state index contributed by atoms with van der Waals surface area (Å²) in [5.41, 5.74) is 0.941. The minimum atomic E-state index is 0.182. The summed E-state index contributed by atoms with van der Waals surface area (Å²) in [4.78, 5) is 2.24. The van der Waals surface area contributed by atoms with Gasteiger partial charge in [-0.3, -0.25) is 0 Å². The van der Waals surface area contributed by atoms with E-state index in [9.17, 15) is 10.2 Å². The molecule has 0 saturated carbocycles. The van der Waals surface area contributed by atoms with Crippen LogP contribution in [0.25, 0.3) is 0 Å². The number of phenols is 2. The number of phenolic OH excluding ortho intramolecular Hbond substituents is 2. The van der Waals surface area contributed by atoms with E-state index in [0.717, 1.165) is 31.9 Å². The summed E-state index contributed by atoms with van der Waals surface area (Å²) in [5, 5.41) is 25.4. The SMILES string of the molecule is CNCCN(CCNC)c1ccc(Oc2ccc(O)cc2)cc1Oc1ccc(O)cc1.